The molecule has 0 unspecified atom stereocenters. The number of hydrazone groups is 1. The van der Waals surface area contributed by atoms with E-state index in [1.165, 1.54) is 37.4 Å². The number of carbonyl (C=O) groups excluding carboxylic acids is 2. The lowest BCUT2D eigenvalue weighted by Crippen LogP contribution is -2.32. The van der Waals surface area contributed by atoms with Crippen molar-refractivity contribution in [2.24, 2.45) is 5.10 Å². The Hall–Kier alpha value is -3.39. The van der Waals surface area contributed by atoms with Gasteiger partial charge in [0.15, 0.2) is 0 Å². The molecule has 0 saturated heterocycles. The number of ether oxygens (including phenoxy) is 1. The van der Waals surface area contributed by atoms with Gasteiger partial charge in [0.2, 0.25) is 0 Å². The number of halogens is 1. The van der Waals surface area contributed by atoms with Gasteiger partial charge in [0, 0.05) is 11.3 Å². The Morgan fingerprint density at radius 3 is 2.54 bits per heavy atom. The second kappa shape index (κ2) is 8.63. The zero-order valence-corrected chi connectivity index (χ0v) is 14.3. The third kappa shape index (κ3) is 4.81. The van der Waals surface area contributed by atoms with Crippen LogP contribution in [0.4, 0.5) is 5.69 Å². The number of carboxylic acid groups (broad SMARTS) is 1. The van der Waals surface area contributed by atoms with E-state index in [1.807, 2.05) is 5.43 Å². The zero-order valence-electron chi connectivity index (χ0n) is 13.5. The normalized spacial score (nSPS) is 10.4. The molecule has 3 N–H and O–H groups in total. The highest BCUT2D eigenvalue weighted by Crippen LogP contribution is 2.27. The maximum atomic E-state index is 11.8. The van der Waals surface area contributed by atoms with Crippen molar-refractivity contribution in [1.82, 2.24) is 5.43 Å². The summed E-state index contributed by atoms with van der Waals surface area (Å²) in [6.45, 7) is 0. The van der Waals surface area contributed by atoms with Gasteiger partial charge in [0.25, 0.3) is 0 Å². The van der Waals surface area contributed by atoms with Crippen molar-refractivity contribution in [2.75, 3.05) is 12.4 Å². The Morgan fingerprint density at radius 2 is 1.88 bits per heavy atom. The second-order valence-electron chi connectivity index (χ2n) is 4.89. The van der Waals surface area contributed by atoms with Gasteiger partial charge in [-0.1, -0.05) is 29.8 Å². The number of hydrogen-bond acceptors (Lipinski definition) is 5. The van der Waals surface area contributed by atoms with Gasteiger partial charge in [0.05, 0.1) is 23.9 Å². The fraction of sp³-hybridized carbons (Fsp3) is 0.0588. The minimum Gasteiger partial charge on any atom is -0.495 e. The Kier molecular flexibility index (Phi) is 6.29. The maximum Gasteiger partial charge on any atom is 0.336 e. The summed E-state index contributed by atoms with van der Waals surface area (Å²) in [7, 11) is 1.45. The minimum absolute atomic E-state index is 0.0165. The van der Waals surface area contributed by atoms with Gasteiger partial charge >= 0.3 is 17.8 Å². The van der Waals surface area contributed by atoms with E-state index in [9.17, 15) is 14.4 Å². The SMILES string of the molecule is COc1ccc(NC(=O)C(=O)N/N=C\c2ccccc2C(=O)O)cc1Cl. The highest BCUT2D eigenvalue weighted by molar-refractivity contribution is 6.40. The molecule has 0 radical (unpaired) electrons. The van der Waals surface area contributed by atoms with Crippen molar-refractivity contribution >= 4 is 41.3 Å². The molecule has 9 heteroatoms. The van der Waals surface area contributed by atoms with Crippen molar-refractivity contribution in [2.45, 2.75) is 0 Å². The number of amides is 2. The summed E-state index contributed by atoms with van der Waals surface area (Å²) in [6.07, 6.45) is 1.14. The molecule has 0 aromatic heterocycles. The number of hydrogen-bond donors (Lipinski definition) is 3. The van der Waals surface area contributed by atoms with Crippen LogP contribution in [0.5, 0.6) is 5.75 Å². The molecule has 8 nitrogen and oxygen atoms in total. The lowest BCUT2D eigenvalue weighted by Gasteiger charge is -2.07. The molecule has 2 aromatic carbocycles. The van der Waals surface area contributed by atoms with Crippen LogP contribution in [-0.2, 0) is 9.59 Å². The van der Waals surface area contributed by atoms with Gasteiger partial charge in [-0.05, 0) is 24.3 Å². The van der Waals surface area contributed by atoms with E-state index < -0.39 is 17.8 Å². The number of benzene rings is 2. The van der Waals surface area contributed by atoms with Gasteiger partial charge in [-0.25, -0.2) is 10.2 Å². The highest BCUT2D eigenvalue weighted by atomic mass is 35.5. The number of nitrogens with one attached hydrogen (secondary N) is 2. The molecule has 0 aliphatic rings. The van der Waals surface area contributed by atoms with Crippen LogP contribution >= 0.6 is 11.6 Å². The Morgan fingerprint density at radius 1 is 1.15 bits per heavy atom. The predicted octanol–water partition coefficient (Wildman–Crippen LogP) is 2.14. The molecule has 0 fully saturated rings. The number of carboxylic acids is 1. The molecule has 2 aromatic rings. The fourth-order valence-corrected chi connectivity index (χ4v) is 2.21. The van der Waals surface area contributed by atoms with Crippen LogP contribution in [0, 0.1) is 0 Å². The molecule has 134 valence electrons. The zero-order chi connectivity index (χ0) is 19.1. The summed E-state index contributed by atoms with van der Waals surface area (Å²) in [4.78, 5) is 34.7. The molecule has 0 heterocycles. The van der Waals surface area contributed by atoms with Crippen molar-refractivity contribution in [3.8, 4) is 5.75 Å². The molecule has 0 atom stereocenters. The third-order valence-corrected chi connectivity index (χ3v) is 3.47. The lowest BCUT2D eigenvalue weighted by molar-refractivity contribution is -0.136. The molecular weight excluding hydrogens is 362 g/mol. The standard InChI is InChI=1S/C17H14ClN3O5/c1-26-14-7-6-11(8-13(14)18)20-15(22)16(23)21-19-9-10-4-2-3-5-12(10)17(24)25/h2-9H,1H3,(H,20,22)(H,21,23)(H,24,25)/b19-9-. The van der Waals surface area contributed by atoms with Crippen LogP contribution < -0.4 is 15.5 Å². The first kappa shape index (κ1) is 18.9. The fourth-order valence-electron chi connectivity index (χ4n) is 1.95. The first-order valence-electron chi connectivity index (χ1n) is 7.22. The van der Waals surface area contributed by atoms with Gasteiger partial charge in [-0.2, -0.15) is 5.10 Å². The van der Waals surface area contributed by atoms with Crippen molar-refractivity contribution in [1.29, 1.82) is 0 Å². The van der Waals surface area contributed by atoms with E-state index in [1.54, 1.807) is 12.1 Å². The van der Waals surface area contributed by atoms with Crippen LogP contribution in [0.15, 0.2) is 47.6 Å². The first-order chi connectivity index (χ1) is 12.4. The Bertz CT molecular complexity index is 882. The van der Waals surface area contributed by atoms with Crippen LogP contribution in [0.1, 0.15) is 15.9 Å². The summed E-state index contributed by atoms with van der Waals surface area (Å²) in [5.74, 6) is -2.70. The summed E-state index contributed by atoms with van der Waals surface area (Å²) in [5, 5.41) is 15.3. The Balaban J connectivity index is 1.98. The molecule has 0 aliphatic carbocycles. The monoisotopic (exact) mass is 375 g/mol. The predicted molar refractivity (Wildman–Crippen MR) is 95.8 cm³/mol. The van der Waals surface area contributed by atoms with Gasteiger partial charge in [-0.15, -0.1) is 0 Å². The quantitative estimate of drug-likeness (QED) is 0.420. The van der Waals surface area contributed by atoms with Crippen molar-refractivity contribution in [3.63, 3.8) is 0 Å². The highest BCUT2D eigenvalue weighted by Gasteiger charge is 2.14. The number of carbonyl (C=O) groups is 3. The number of nitrogens with zero attached hydrogens (tertiary/aromatic N) is 1. The number of methoxy groups -OCH3 is 1. The molecule has 0 saturated carbocycles. The van der Waals surface area contributed by atoms with Gasteiger partial charge in [-0.3, -0.25) is 9.59 Å². The summed E-state index contributed by atoms with van der Waals surface area (Å²) in [5.41, 5.74) is 2.62. The van der Waals surface area contributed by atoms with E-state index >= 15 is 0 Å². The molecule has 0 aliphatic heterocycles. The van der Waals surface area contributed by atoms with Crippen LogP contribution in [0.3, 0.4) is 0 Å². The molecule has 0 bridgehead atoms. The van der Waals surface area contributed by atoms with E-state index in [-0.39, 0.29) is 16.1 Å². The average molecular weight is 376 g/mol. The topological polar surface area (TPSA) is 117 Å². The van der Waals surface area contributed by atoms with Crippen LogP contribution in [-0.4, -0.2) is 36.2 Å². The minimum atomic E-state index is -1.13. The van der Waals surface area contributed by atoms with Crippen LogP contribution in [0.2, 0.25) is 5.02 Å². The molecule has 2 amide bonds. The molecular formula is C17H14ClN3O5. The summed E-state index contributed by atoms with van der Waals surface area (Å²) < 4.78 is 4.99. The number of rotatable bonds is 5. The third-order valence-electron chi connectivity index (χ3n) is 3.18. The molecule has 2 rings (SSSR count). The smallest absolute Gasteiger partial charge is 0.336 e. The Labute approximate surface area is 153 Å². The van der Waals surface area contributed by atoms with Crippen molar-refractivity contribution in [3.05, 3.63) is 58.6 Å². The maximum absolute atomic E-state index is 11.8. The van der Waals surface area contributed by atoms with Gasteiger partial charge < -0.3 is 15.2 Å². The van der Waals surface area contributed by atoms with Crippen molar-refractivity contribution < 1.29 is 24.2 Å². The number of aromatic carboxylic acids is 1. The summed E-state index contributed by atoms with van der Waals surface area (Å²) >= 11 is 5.94. The second-order valence-corrected chi connectivity index (χ2v) is 5.30. The largest absolute Gasteiger partial charge is 0.495 e. The average Bonchev–Trinajstić information content (AvgIpc) is 2.62. The van der Waals surface area contributed by atoms with E-state index in [2.05, 4.69) is 10.4 Å². The van der Waals surface area contributed by atoms with E-state index in [4.69, 9.17) is 21.4 Å². The van der Waals surface area contributed by atoms with E-state index in [0.717, 1.165) is 6.21 Å². The molecule has 26 heavy (non-hydrogen) atoms. The summed E-state index contributed by atoms with van der Waals surface area (Å²) in [6, 6.07) is 10.6. The van der Waals surface area contributed by atoms with Crippen LogP contribution in [0.25, 0.3) is 0 Å². The van der Waals surface area contributed by atoms with E-state index in [0.29, 0.717) is 11.4 Å². The number of anilines is 1. The lowest BCUT2D eigenvalue weighted by atomic mass is 10.1. The molecule has 0 spiro atoms. The van der Waals surface area contributed by atoms with Gasteiger partial charge in [0.1, 0.15) is 5.75 Å². The first-order valence-corrected chi connectivity index (χ1v) is 7.60.